The highest BCUT2D eigenvalue weighted by Gasteiger charge is 2.26. The van der Waals surface area contributed by atoms with Crippen molar-refractivity contribution in [1.82, 2.24) is 4.90 Å². The lowest BCUT2D eigenvalue weighted by molar-refractivity contribution is -0.134. The monoisotopic (exact) mass is 264 g/mol. The molecular weight excluding hydrogens is 243 g/mol. The number of carbonyl (C=O) groups excluding carboxylic acids is 1. The molecule has 1 aromatic carbocycles. The van der Waals surface area contributed by atoms with Gasteiger partial charge in [-0.3, -0.25) is 4.79 Å². The number of amides is 1. The Bertz CT molecular complexity index is 432. The summed E-state index contributed by atoms with van der Waals surface area (Å²) in [5, 5.41) is 0. The average Bonchev–Trinajstić information content (AvgIpc) is 2.37. The summed E-state index contributed by atoms with van der Waals surface area (Å²) in [5.41, 5.74) is 6.89. The minimum Gasteiger partial charge on any atom is -0.340 e. The van der Waals surface area contributed by atoms with Gasteiger partial charge < -0.3 is 10.6 Å². The molecule has 0 spiro atoms. The van der Waals surface area contributed by atoms with Crippen LogP contribution in [0.15, 0.2) is 24.3 Å². The van der Waals surface area contributed by atoms with E-state index in [4.69, 9.17) is 5.73 Å². The van der Waals surface area contributed by atoms with Gasteiger partial charge in [-0.1, -0.05) is 12.1 Å². The van der Waals surface area contributed by atoms with Crippen molar-refractivity contribution < 1.29 is 9.18 Å². The lowest BCUT2D eigenvalue weighted by atomic mass is 9.98. The van der Waals surface area contributed by atoms with Gasteiger partial charge in [-0.15, -0.1) is 0 Å². The molecule has 1 aliphatic heterocycles. The van der Waals surface area contributed by atoms with Crippen LogP contribution in [0.25, 0.3) is 0 Å². The van der Waals surface area contributed by atoms with Gasteiger partial charge in [0.15, 0.2) is 0 Å². The van der Waals surface area contributed by atoms with Crippen molar-refractivity contribution in [1.29, 1.82) is 0 Å². The molecule has 0 bridgehead atoms. The second kappa shape index (κ2) is 6.15. The standard InChI is InChI=1S/C15H21FN2O/c1-11-10-14(17)8-9-18(11)15(19)7-4-12-2-5-13(16)6-3-12/h2-3,5-6,11,14H,4,7-10,17H2,1H3/t11-,14-/m1/s1. The smallest absolute Gasteiger partial charge is 0.223 e. The molecule has 0 unspecified atom stereocenters. The fourth-order valence-corrected chi connectivity index (χ4v) is 2.62. The summed E-state index contributed by atoms with van der Waals surface area (Å²) in [6.07, 6.45) is 2.90. The highest BCUT2D eigenvalue weighted by Crippen LogP contribution is 2.17. The number of carbonyl (C=O) groups is 1. The third-order valence-electron chi connectivity index (χ3n) is 3.78. The van der Waals surface area contributed by atoms with Gasteiger partial charge in [0, 0.05) is 25.0 Å². The Morgan fingerprint density at radius 3 is 2.74 bits per heavy atom. The van der Waals surface area contributed by atoms with Crippen molar-refractivity contribution in [2.24, 2.45) is 5.73 Å². The summed E-state index contributed by atoms with van der Waals surface area (Å²) in [6, 6.07) is 6.78. The number of piperidine rings is 1. The van der Waals surface area contributed by atoms with E-state index in [9.17, 15) is 9.18 Å². The van der Waals surface area contributed by atoms with E-state index in [2.05, 4.69) is 6.92 Å². The van der Waals surface area contributed by atoms with Crippen LogP contribution in [0.5, 0.6) is 0 Å². The van der Waals surface area contributed by atoms with E-state index in [1.54, 1.807) is 12.1 Å². The maximum absolute atomic E-state index is 12.8. The molecule has 19 heavy (non-hydrogen) atoms. The normalized spacial score (nSPS) is 23.4. The molecule has 0 aliphatic carbocycles. The van der Waals surface area contributed by atoms with Gasteiger partial charge in [-0.05, 0) is 43.9 Å². The van der Waals surface area contributed by atoms with Crippen LogP contribution < -0.4 is 5.73 Å². The number of benzene rings is 1. The number of likely N-dealkylation sites (tertiary alicyclic amines) is 1. The van der Waals surface area contributed by atoms with E-state index < -0.39 is 0 Å². The number of aryl methyl sites for hydroxylation is 1. The zero-order chi connectivity index (χ0) is 13.8. The minimum atomic E-state index is -0.242. The van der Waals surface area contributed by atoms with Gasteiger partial charge in [0.25, 0.3) is 0 Å². The summed E-state index contributed by atoms with van der Waals surface area (Å²) in [6.45, 7) is 2.80. The van der Waals surface area contributed by atoms with Crippen LogP contribution in [0.2, 0.25) is 0 Å². The minimum absolute atomic E-state index is 0.170. The van der Waals surface area contributed by atoms with Crippen molar-refractivity contribution in [3.8, 4) is 0 Å². The van der Waals surface area contributed by atoms with Crippen LogP contribution in [0.4, 0.5) is 4.39 Å². The summed E-state index contributed by atoms with van der Waals surface area (Å²) < 4.78 is 12.8. The van der Waals surface area contributed by atoms with Crippen LogP contribution in [-0.2, 0) is 11.2 Å². The molecule has 1 aromatic rings. The molecule has 0 aromatic heterocycles. The van der Waals surface area contributed by atoms with E-state index >= 15 is 0 Å². The first-order valence-electron chi connectivity index (χ1n) is 6.86. The number of nitrogens with zero attached hydrogens (tertiary/aromatic N) is 1. The second-order valence-corrected chi connectivity index (χ2v) is 5.35. The molecule has 1 aliphatic rings. The third-order valence-corrected chi connectivity index (χ3v) is 3.78. The Kier molecular flexibility index (Phi) is 4.53. The average molecular weight is 264 g/mol. The topological polar surface area (TPSA) is 46.3 Å². The molecule has 1 saturated heterocycles. The van der Waals surface area contributed by atoms with E-state index in [1.807, 2.05) is 4.90 Å². The number of rotatable bonds is 3. The molecule has 1 heterocycles. The van der Waals surface area contributed by atoms with E-state index in [1.165, 1.54) is 12.1 Å². The molecule has 0 saturated carbocycles. The lowest BCUT2D eigenvalue weighted by Crippen LogP contribution is -2.48. The van der Waals surface area contributed by atoms with Crippen molar-refractivity contribution in [2.45, 2.75) is 44.7 Å². The number of hydrogen-bond acceptors (Lipinski definition) is 2. The maximum Gasteiger partial charge on any atom is 0.223 e. The summed E-state index contributed by atoms with van der Waals surface area (Å²) >= 11 is 0. The third kappa shape index (κ3) is 3.77. The zero-order valence-corrected chi connectivity index (χ0v) is 11.3. The van der Waals surface area contributed by atoms with E-state index in [0.29, 0.717) is 12.8 Å². The molecule has 1 fully saturated rings. The molecule has 1 amide bonds. The predicted molar refractivity (Wildman–Crippen MR) is 73.1 cm³/mol. The van der Waals surface area contributed by atoms with Gasteiger partial charge in [-0.25, -0.2) is 4.39 Å². The van der Waals surface area contributed by atoms with Crippen LogP contribution in [0.1, 0.15) is 31.7 Å². The Morgan fingerprint density at radius 1 is 1.42 bits per heavy atom. The quantitative estimate of drug-likeness (QED) is 0.908. The number of hydrogen-bond donors (Lipinski definition) is 1. The van der Waals surface area contributed by atoms with Crippen molar-refractivity contribution in [3.63, 3.8) is 0 Å². The summed E-state index contributed by atoms with van der Waals surface area (Å²) in [4.78, 5) is 14.1. The van der Waals surface area contributed by atoms with Gasteiger partial charge in [-0.2, -0.15) is 0 Å². The fourth-order valence-electron chi connectivity index (χ4n) is 2.62. The second-order valence-electron chi connectivity index (χ2n) is 5.35. The van der Waals surface area contributed by atoms with Gasteiger partial charge >= 0.3 is 0 Å². The molecule has 2 atom stereocenters. The van der Waals surface area contributed by atoms with Gasteiger partial charge in [0.05, 0.1) is 0 Å². The molecule has 0 radical (unpaired) electrons. The number of halogens is 1. The van der Waals surface area contributed by atoms with E-state index in [0.717, 1.165) is 24.9 Å². The Balaban J connectivity index is 1.85. The largest absolute Gasteiger partial charge is 0.340 e. The van der Waals surface area contributed by atoms with E-state index in [-0.39, 0.29) is 23.8 Å². The van der Waals surface area contributed by atoms with Crippen molar-refractivity contribution in [3.05, 3.63) is 35.6 Å². The molecule has 3 nitrogen and oxygen atoms in total. The molecule has 2 rings (SSSR count). The maximum atomic E-state index is 12.8. The van der Waals surface area contributed by atoms with Crippen LogP contribution in [-0.4, -0.2) is 29.4 Å². The summed E-state index contributed by atoms with van der Waals surface area (Å²) in [5.74, 6) is -0.0718. The molecule has 4 heteroatoms. The molecular formula is C15H21FN2O. The highest BCUT2D eigenvalue weighted by molar-refractivity contribution is 5.76. The van der Waals surface area contributed by atoms with Crippen molar-refractivity contribution in [2.75, 3.05) is 6.54 Å². The highest BCUT2D eigenvalue weighted by atomic mass is 19.1. The van der Waals surface area contributed by atoms with Crippen LogP contribution in [0.3, 0.4) is 0 Å². The summed E-state index contributed by atoms with van der Waals surface area (Å²) in [7, 11) is 0. The SMILES string of the molecule is C[C@@H]1C[C@H](N)CCN1C(=O)CCc1ccc(F)cc1. The van der Waals surface area contributed by atoms with Crippen LogP contribution >= 0.6 is 0 Å². The molecule has 2 N–H and O–H groups in total. The molecule has 104 valence electrons. The first-order valence-corrected chi connectivity index (χ1v) is 6.86. The predicted octanol–water partition coefficient (Wildman–Crippen LogP) is 2.10. The first kappa shape index (κ1) is 14.0. The van der Waals surface area contributed by atoms with Gasteiger partial charge in [0.1, 0.15) is 5.82 Å². The fraction of sp³-hybridized carbons (Fsp3) is 0.533. The Labute approximate surface area is 113 Å². The van der Waals surface area contributed by atoms with Crippen molar-refractivity contribution >= 4 is 5.91 Å². The van der Waals surface area contributed by atoms with Gasteiger partial charge in [0.2, 0.25) is 5.91 Å². The number of nitrogens with two attached hydrogens (primary N) is 1. The zero-order valence-electron chi connectivity index (χ0n) is 11.3. The van der Waals surface area contributed by atoms with Crippen LogP contribution in [0, 0.1) is 5.82 Å². The Morgan fingerprint density at radius 2 is 2.11 bits per heavy atom. The lowest BCUT2D eigenvalue weighted by Gasteiger charge is -2.36. The Hall–Kier alpha value is -1.42. The first-order chi connectivity index (χ1) is 9.06.